The second-order valence-electron chi connectivity index (χ2n) is 7.25. The predicted octanol–water partition coefficient (Wildman–Crippen LogP) is 2.50. The van der Waals surface area contributed by atoms with Crippen LogP contribution >= 0.6 is 0 Å². The lowest BCUT2D eigenvalue weighted by atomic mass is 10.1. The Hall–Kier alpha value is -3.79. The van der Waals surface area contributed by atoms with Gasteiger partial charge in [-0.3, -0.25) is 9.52 Å². The first-order valence-electron chi connectivity index (χ1n) is 9.62. The number of benzene rings is 2. The molecular weight excluding hydrogens is 416 g/mol. The zero-order valence-corrected chi connectivity index (χ0v) is 17.4. The number of carbonyl (C=O) groups is 1. The third-order valence-corrected chi connectivity index (χ3v) is 6.59. The fraction of sp³-hybridized carbons (Fsp3) is 0.143. The standard InChI is InChI=1S/C21H18N6O3S/c1-14(28)26-10-9-16-12-18(5-7-20(16)26)31(29,30)25-17-4-2-3-15(11-17)19-6-8-21-23-22-13-27(21)24-19/h2-8,11-13,25H,9-10H2,1H3. The van der Waals surface area contributed by atoms with Gasteiger partial charge in [0.05, 0.1) is 10.6 Å². The number of rotatable bonds is 4. The number of carbonyl (C=O) groups excluding carboxylic acids is 1. The van der Waals surface area contributed by atoms with Gasteiger partial charge in [-0.1, -0.05) is 12.1 Å². The summed E-state index contributed by atoms with van der Waals surface area (Å²) >= 11 is 0. The Balaban J connectivity index is 1.43. The zero-order valence-electron chi connectivity index (χ0n) is 16.6. The van der Waals surface area contributed by atoms with Gasteiger partial charge in [-0.05, 0) is 54.4 Å². The lowest BCUT2D eigenvalue weighted by Crippen LogP contribution is -2.25. The number of nitrogens with zero attached hydrogens (tertiary/aromatic N) is 5. The molecule has 4 aromatic rings. The Kier molecular flexibility index (Phi) is 4.44. The summed E-state index contributed by atoms with van der Waals surface area (Å²) in [5.41, 5.74) is 4.08. The van der Waals surface area contributed by atoms with Crippen molar-refractivity contribution in [2.75, 3.05) is 16.2 Å². The topological polar surface area (TPSA) is 110 Å². The molecule has 2 aromatic carbocycles. The Bertz CT molecular complexity index is 1430. The number of hydrogen-bond acceptors (Lipinski definition) is 6. The van der Waals surface area contributed by atoms with Gasteiger partial charge >= 0.3 is 0 Å². The summed E-state index contributed by atoms with van der Waals surface area (Å²) in [6.45, 7) is 2.07. The van der Waals surface area contributed by atoms with E-state index in [-0.39, 0.29) is 10.8 Å². The first kappa shape index (κ1) is 19.2. The molecule has 0 fully saturated rings. The summed E-state index contributed by atoms with van der Waals surface area (Å²) in [5, 5.41) is 12.2. The summed E-state index contributed by atoms with van der Waals surface area (Å²) in [7, 11) is -3.80. The summed E-state index contributed by atoms with van der Waals surface area (Å²) in [6, 6.07) is 15.5. The highest BCUT2D eigenvalue weighted by Crippen LogP contribution is 2.31. The number of amides is 1. The molecule has 1 aliphatic heterocycles. The van der Waals surface area contributed by atoms with Crippen molar-refractivity contribution in [1.82, 2.24) is 19.8 Å². The van der Waals surface area contributed by atoms with Crippen molar-refractivity contribution in [1.29, 1.82) is 0 Å². The second-order valence-corrected chi connectivity index (χ2v) is 8.93. The largest absolute Gasteiger partial charge is 0.312 e. The van der Waals surface area contributed by atoms with Crippen LogP contribution in [0.3, 0.4) is 0 Å². The molecule has 156 valence electrons. The smallest absolute Gasteiger partial charge is 0.261 e. The molecule has 5 rings (SSSR count). The Morgan fingerprint density at radius 2 is 1.97 bits per heavy atom. The van der Waals surface area contributed by atoms with Crippen molar-refractivity contribution in [3.05, 3.63) is 66.5 Å². The number of hydrogen-bond donors (Lipinski definition) is 1. The summed E-state index contributed by atoms with van der Waals surface area (Å²) in [5.74, 6) is -0.0532. The average molecular weight is 434 g/mol. The fourth-order valence-electron chi connectivity index (χ4n) is 3.71. The van der Waals surface area contributed by atoms with Crippen molar-refractivity contribution in [3.8, 4) is 11.3 Å². The number of fused-ring (bicyclic) bond motifs is 2. The highest BCUT2D eigenvalue weighted by Gasteiger charge is 2.25. The lowest BCUT2D eigenvalue weighted by molar-refractivity contribution is -0.116. The minimum atomic E-state index is -3.80. The van der Waals surface area contributed by atoms with Crippen molar-refractivity contribution in [3.63, 3.8) is 0 Å². The van der Waals surface area contributed by atoms with E-state index in [2.05, 4.69) is 20.0 Å². The van der Waals surface area contributed by atoms with Crippen LogP contribution in [-0.4, -0.2) is 40.7 Å². The van der Waals surface area contributed by atoms with E-state index in [0.717, 1.165) is 16.8 Å². The molecule has 1 N–H and O–H groups in total. The number of anilines is 2. The molecule has 0 saturated carbocycles. The van der Waals surface area contributed by atoms with E-state index >= 15 is 0 Å². The van der Waals surface area contributed by atoms with Gasteiger partial charge < -0.3 is 4.90 Å². The van der Waals surface area contributed by atoms with E-state index < -0.39 is 10.0 Å². The molecule has 1 aliphatic rings. The summed E-state index contributed by atoms with van der Waals surface area (Å²) in [4.78, 5) is 13.5. The van der Waals surface area contributed by atoms with Crippen molar-refractivity contribution >= 4 is 33.0 Å². The molecule has 10 heteroatoms. The molecule has 0 bridgehead atoms. The van der Waals surface area contributed by atoms with Crippen LogP contribution in [0, 0.1) is 0 Å². The normalized spacial score (nSPS) is 13.4. The molecule has 3 heterocycles. The number of nitrogens with one attached hydrogen (secondary N) is 1. The van der Waals surface area contributed by atoms with Gasteiger partial charge in [-0.2, -0.15) is 9.61 Å². The van der Waals surface area contributed by atoms with Crippen molar-refractivity contribution in [2.45, 2.75) is 18.2 Å². The molecule has 9 nitrogen and oxygen atoms in total. The molecule has 0 unspecified atom stereocenters. The maximum Gasteiger partial charge on any atom is 0.261 e. The first-order valence-corrected chi connectivity index (χ1v) is 11.1. The average Bonchev–Trinajstić information content (AvgIpc) is 3.39. The fourth-order valence-corrected chi connectivity index (χ4v) is 4.81. The zero-order chi connectivity index (χ0) is 21.6. The maximum absolute atomic E-state index is 13.0. The Morgan fingerprint density at radius 3 is 2.81 bits per heavy atom. The van der Waals surface area contributed by atoms with E-state index in [1.165, 1.54) is 19.3 Å². The van der Waals surface area contributed by atoms with Crippen LogP contribution in [0.5, 0.6) is 0 Å². The molecule has 0 spiro atoms. The van der Waals surface area contributed by atoms with Crippen LogP contribution in [0.1, 0.15) is 12.5 Å². The van der Waals surface area contributed by atoms with Crippen LogP contribution < -0.4 is 9.62 Å². The minimum absolute atomic E-state index is 0.0532. The van der Waals surface area contributed by atoms with Gasteiger partial charge in [-0.25, -0.2) is 8.42 Å². The minimum Gasteiger partial charge on any atom is -0.312 e. The van der Waals surface area contributed by atoms with Gasteiger partial charge in [0.2, 0.25) is 5.91 Å². The van der Waals surface area contributed by atoms with E-state index in [9.17, 15) is 13.2 Å². The predicted molar refractivity (Wildman–Crippen MR) is 115 cm³/mol. The van der Waals surface area contributed by atoms with Gasteiger partial charge in [0.1, 0.15) is 6.33 Å². The van der Waals surface area contributed by atoms with Crippen LogP contribution in [0.2, 0.25) is 0 Å². The van der Waals surface area contributed by atoms with E-state index in [4.69, 9.17) is 0 Å². The van der Waals surface area contributed by atoms with Gasteiger partial charge in [0, 0.05) is 30.4 Å². The third-order valence-electron chi connectivity index (χ3n) is 5.21. The van der Waals surface area contributed by atoms with Gasteiger partial charge in [0.15, 0.2) is 5.65 Å². The second kappa shape index (κ2) is 7.17. The monoisotopic (exact) mass is 434 g/mol. The van der Waals surface area contributed by atoms with Crippen LogP contribution in [-0.2, 0) is 21.2 Å². The number of sulfonamides is 1. The SMILES string of the molecule is CC(=O)N1CCc2cc(S(=O)(=O)Nc3cccc(-c4ccc5nncn5n4)c3)ccc21. The molecule has 1 amide bonds. The Morgan fingerprint density at radius 1 is 1.10 bits per heavy atom. The molecule has 0 atom stereocenters. The molecule has 0 saturated heterocycles. The van der Waals surface area contributed by atoms with Crippen LogP contribution in [0.25, 0.3) is 16.9 Å². The number of aromatic nitrogens is 4. The third kappa shape index (κ3) is 3.50. The summed E-state index contributed by atoms with van der Waals surface area (Å²) < 4.78 is 30.1. The van der Waals surface area contributed by atoms with Crippen molar-refractivity contribution < 1.29 is 13.2 Å². The Labute approximate surface area is 178 Å². The molecule has 31 heavy (non-hydrogen) atoms. The van der Waals surface area contributed by atoms with E-state index in [0.29, 0.717) is 30.0 Å². The highest BCUT2D eigenvalue weighted by molar-refractivity contribution is 7.92. The molecule has 2 aromatic heterocycles. The van der Waals surface area contributed by atoms with Crippen molar-refractivity contribution in [2.24, 2.45) is 0 Å². The molecule has 0 aliphatic carbocycles. The van der Waals surface area contributed by atoms with Gasteiger partial charge in [-0.15, -0.1) is 10.2 Å². The summed E-state index contributed by atoms with van der Waals surface area (Å²) in [6.07, 6.45) is 2.14. The first-order chi connectivity index (χ1) is 14.9. The van der Waals surface area contributed by atoms with E-state index in [1.807, 2.05) is 6.07 Å². The van der Waals surface area contributed by atoms with Crippen LogP contribution in [0.15, 0.2) is 65.8 Å². The van der Waals surface area contributed by atoms with Crippen LogP contribution in [0.4, 0.5) is 11.4 Å². The lowest BCUT2D eigenvalue weighted by Gasteiger charge is -2.15. The quantitative estimate of drug-likeness (QED) is 0.529. The van der Waals surface area contributed by atoms with E-state index in [1.54, 1.807) is 51.9 Å². The molecule has 0 radical (unpaired) electrons. The molecular formula is C21H18N6O3S. The maximum atomic E-state index is 13.0. The highest BCUT2D eigenvalue weighted by atomic mass is 32.2. The van der Waals surface area contributed by atoms with Gasteiger partial charge in [0.25, 0.3) is 10.0 Å².